The number of carbonyl (C=O) groups is 1. The van der Waals surface area contributed by atoms with Gasteiger partial charge in [-0.25, -0.2) is 0 Å². The van der Waals surface area contributed by atoms with E-state index < -0.39 is 6.04 Å². The van der Waals surface area contributed by atoms with Crippen molar-refractivity contribution in [3.05, 3.63) is 23.7 Å². The van der Waals surface area contributed by atoms with E-state index >= 15 is 0 Å². The number of nitrogens with zero attached hydrogens (tertiary/aromatic N) is 1. The summed E-state index contributed by atoms with van der Waals surface area (Å²) in [7, 11) is 1.33. The van der Waals surface area contributed by atoms with Crippen molar-refractivity contribution in [1.82, 2.24) is 5.32 Å². The Morgan fingerprint density at radius 2 is 2.47 bits per heavy atom. The monoisotopic (exact) mass is 208 g/mol. The maximum Gasteiger partial charge on any atom is 0.322 e. The summed E-state index contributed by atoms with van der Waals surface area (Å²) in [6.45, 7) is 2.08. The second-order valence-electron chi connectivity index (χ2n) is 3.00. The topological polar surface area (TPSA) is 75.3 Å². The number of nitriles is 1. The van der Waals surface area contributed by atoms with E-state index in [2.05, 4.69) is 10.1 Å². The number of hydrogen-bond acceptors (Lipinski definition) is 5. The maximum absolute atomic E-state index is 11.0. The molecule has 0 spiro atoms. The summed E-state index contributed by atoms with van der Waals surface area (Å²) in [6, 6.07) is 4.76. The molecule has 0 aromatic carbocycles. The van der Waals surface area contributed by atoms with Gasteiger partial charge in [0.15, 0.2) is 0 Å². The fourth-order valence-electron chi connectivity index (χ4n) is 1.05. The van der Waals surface area contributed by atoms with Crippen LogP contribution in [0.25, 0.3) is 0 Å². The van der Waals surface area contributed by atoms with Crippen LogP contribution < -0.4 is 5.32 Å². The van der Waals surface area contributed by atoms with Gasteiger partial charge in [0.25, 0.3) is 0 Å². The average molecular weight is 208 g/mol. The molecule has 0 aliphatic carbocycles. The van der Waals surface area contributed by atoms with E-state index in [1.807, 2.05) is 6.07 Å². The minimum absolute atomic E-state index is 0.262. The second kappa shape index (κ2) is 5.17. The Kier molecular flexibility index (Phi) is 3.89. The molecule has 0 aliphatic rings. The van der Waals surface area contributed by atoms with Crippen LogP contribution in [0, 0.1) is 11.3 Å². The van der Waals surface area contributed by atoms with Crippen LogP contribution in [0.2, 0.25) is 0 Å². The smallest absolute Gasteiger partial charge is 0.322 e. The first-order valence-corrected chi connectivity index (χ1v) is 4.47. The molecular formula is C10H12N2O3. The van der Waals surface area contributed by atoms with Crippen LogP contribution in [0.1, 0.15) is 18.4 Å². The summed E-state index contributed by atoms with van der Waals surface area (Å²) >= 11 is 0. The molecule has 0 saturated carbocycles. The van der Waals surface area contributed by atoms with Crippen LogP contribution in [-0.4, -0.2) is 19.1 Å². The molecule has 0 fully saturated rings. The van der Waals surface area contributed by atoms with Crippen LogP contribution in [0.4, 0.5) is 0 Å². The normalized spacial score (nSPS) is 11.8. The van der Waals surface area contributed by atoms with Crippen LogP contribution in [0.15, 0.2) is 16.5 Å². The second-order valence-corrected chi connectivity index (χ2v) is 3.00. The number of carbonyl (C=O) groups excluding carboxylic acids is 1. The fourth-order valence-corrected chi connectivity index (χ4v) is 1.05. The van der Waals surface area contributed by atoms with Crippen LogP contribution in [-0.2, 0) is 16.1 Å². The van der Waals surface area contributed by atoms with Gasteiger partial charge >= 0.3 is 5.97 Å². The first-order chi connectivity index (χ1) is 7.17. The minimum Gasteiger partial charge on any atom is -0.468 e. The zero-order valence-electron chi connectivity index (χ0n) is 8.61. The van der Waals surface area contributed by atoms with Gasteiger partial charge in [0.05, 0.1) is 13.7 Å². The number of rotatable bonds is 4. The van der Waals surface area contributed by atoms with Gasteiger partial charge in [-0.05, 0) is 19.1 Å². The number of hydrogen-bond donors (Lipinski definition) is 1. The van der Waals surface area contributed by atoms with Crippen molar-refractivity contribution in [3.8, 4) is 6.07 Å². The zero-order valence-corrected chi connectivity index (χ0v) is 8.61. The quantitative estimate of drug-likeness (QED) is 0.741. The van der Waals surface area contributed by atoms with Crippen molar-refractivity contribution >= 4 is 5.97 Å². The van der Waals surface area contributed by atoms with Gasteiger partial charge in [0, 0.05) is 0 Å². The Bertz CT molecular complexity index is 378. The molecule has 1 aromatic rings. The first-order valence-electron chi connectivity index (χ1n) is 4.47. The van der Waals surface area contributed by atoms with E-state index in [9.17, 15) is 4.79 Å². The van der Waals surface area contributed by atoms with Crippen molar-refractivity contribution in [2.75, 3.05) is 7.11 Å². The highest BCUT2D eigenvalue weighted by Crippen LogP contribution is 2.06. The lowest BCUT2D eigenvalue weighted by molar-refractivity contribution is -0.142. The van der Waals surface area contributed by atoms with Crippen LogP contribution in [0.5, 0.6) is 0 Å². The highest BCUT2D eigenvalue weighted by Gasteiger charge is 2.12. The third kappa shape index (κ3) is 3.11. The first kappa shape index (κ1) is 11.3. The lowest BCUT2D eigenvalue weighted by Crippen LogP contribution is -2.34. The summed E-state index contributed by atoms with van der Waals surface area (Å²) in [5.41, 5.74) is 0. The molecular weight excluding hydrogens is 196 g/mol. The van der Waals surface area contributed by atoms with E-state index in [1.54, 1.807) is 19.1 Å². The predicted molar refractivity (Wildman–Crippen MR) is 51.7 cm³/mol. The molecule has 1 atom stereocenters. The summed E-state index contributed by atoms with van der Waals surface area (Å²) in [4.78, 5) is 11.0. The molecule has 15 heavy (non-hydrogen) atoms. The molecule has 1 heterocycles. The average Bonchev–Trinajstić information content (AvgIpc) is 2.72. The third-order valence-electron chi connectivity index (χ3n) is 1.91. The van der Waals surface area contributed by atoms with Crippen molar-refractivity contribution in [2.45, 2.75) is 19.5 Å². The van der Waals surface area contributed by atoms with Crippen molar-refractivity contribution < 1.29 is 13.9 Å². The summed E-state index contributed by atoms with van der Waals surface area (Å²) < 4.78 is 9.66. The van der Waals surface area contributed by atoms with E-state index in [-0.39, 0.29) is 11.7 Å². The molecule has 5 nitrogen and oxygen atoms in total. The number of nitrogens with one attached hydrogen (secondary N) is 1. The number of furan rings is 1. The fraction of sp³-hybridized carbons (Fsp3) is 0.400. The van der Waals surface area contributed by atoms with Crippen LogP contribution >= 0.6 is 0 Å². The van der Waals surface area contributed by atoms with E-state index in [0.717, 1.165) is 0 Å². The van der Waals surface area contributed by atoms with Gasteiger partial charge < -0.3 is 9.15 Å². The van der Waals surface area contributed by atoms with Gasteiger partial charge in [0.1, 0.15) is 17.9 Å². The highest BCUT2D eigenvalue weighted by molar-refractivity contribution is 5.74. The molecule has 0 bridgehead atoms. The largest absolute Gasteiger partial charge is 0.468 e. The third-order valence-corrected chi connectivity index (χ3v) is 1.91. The lowest BCUT2D eigenvalue weighted by Gasteiger charge is -2.09. The van der Waals surface area contributed by atoms with Gasteiger partial charge in [-0.1, -0.05) is 0 Å². The van der Waals surface area contributed by atoms with E-state index in [4.69, 9.17) is 9.68 Å². The summed E-state index contributed by atoms with van der Waals surface area (Å²) in [6.07, 6.45) is 0. The van der Waals surface area contributed by atoms with E-state index in [0.29, 0.717) is 12.3 Å². The predicted octanol–water partition coefficient (Wildman–Crippen LogP) is 0.802. The molecule has 1 N–H and O–H groups in total. The standard InChI is InChI=1S/C10H12N2O3/c1-7(10(13)14-2)12-6-9-4-3-8(5-11)15-9/h3-4,7,12H,6H2,1-2H3. The van der Waals surface area contributed by atoms with Gasteiger partial charge in [-0.15, -0.1) is 0 Å². The molecule has 1 unspecified atom stereocenters. The molecule has 0 aliphatic heterocycles. The Labute approximate surface area is 87.6 Å². The highest BCUT2D eigenvalue weighted by atomic mass is 16.5. The Morgan fingerprint density at radius 3 is 3.00 bits per heavy atom. The molecule has 80 valence electrons. The minimum atomic E-state index is -0.398. The van der Waals surface area contributed by atoms with Crippen LogP contribution in [0.3, 0.4) is 0 Å². The molecule has 1 aromatic heterocycles. The molecule has 0 radical (unpaired) electrons. The van der Waals surface area contributed by atoms with Crippen molar-refractivity contribution in [1.29, 1.82) is 5.26 Å². The zero-order chi connectivity index (χ0) is 11.3. The molecule has 5 heteroatoms. The van der Waals surface area contributed by atoms with E-state index in [1.165, 1.54) is 7.11 Å². The number of esters is 1. The lowest BCUT2D eigenvalue weighted by atomic mass is 10.3. The molecule has 0 saturated heterocycles. The Hall–Kier alpha value is -1.80. The van der Waals surface area contributed by atoms with Gasteiger partial charge in [-0.3, -0.25) is 10.1 Å². The van der Waals surface area contributed by atoms with Gasteiger partial charge in [-0.2, -0.15) is 5.26 Å². The SMILES string of the molecule is COC(=O)C(C)NCc1ccc(C#N)o1. The maximum atomic E-state index is 11.0. The molecule has 1 rings (SSSR count). The van der Waals surface area contributed by atoms with Crippen molar-refractivity contribution in [3.63, 3.8) is 0 Å². The molecule has 0 amide bonds. The Morgan fingerprint density at radius 1 is 1.73 bits per heavy atom. The number of ether oxygens (including phenoxy) is 1. The summed E-state index contributed by atoms with van der Waals surface area (Å²) in [5.74, 6) is 0.543. The summed E-state index contributed by atoms with van der Waals surface area (Å²) in [5, 5.41) is 11.4. The van der Waals surface area contributed by atoms with Crippen molar-refractivity contribution in [2.24, 2.45) is 0 Å². The number of methoxy groups -OCH3 is 1. The van der Waals surface area contributed by atoms with Gasteiger partial charge in [0.2, 0.25) is 5.76 Å². The Balaban J connectivity index is 2.44.